The molecule has 5 nitrogen and oxygen atoms in total. The Balaban J connectivity index is 3.52. The van der Waals surface area contributed by atoms with Crippen molar-refractivity contribution in [2.45, 2.75) is 232 Å². The third-order valence-electron chi connectivity index (χ3n) is 9.50. The zero-order valence-electron chi connectivity index (χ0n) is 32.7. The summed E-state index contributed by atoms with van der Waals surface area (Å²) in [6.45, 7) is 4.14. The first-order chi connectivity index (χ1) is 24.1. The molecule has 0 spiro atoms. The number of carbonyl (C=O) groups is 2. The number of hydrogen-bond acceptors (Lipinski definition) is 5. The molecule has 0 fully saturated rings. The second kappa shape index (κ2) is 40.8. The van der Waals surface area contributed by atoms with E-state index >= 15 is 0 Å². The average molecular weight is 691 g/mol. The Kier molecular flexibility index (Phi) is 39.5. The molecule has 0 saturated carbocycles. The maximum Gasteiger partial charge on any atom is 0.306 e. The summed E-state index contributed by atoms with van der Waals surface area (Å²) in [5.74, 6) is -0.586. The normalized spacial score (nSPS) is 12.3. The van der Waals surface area contributed by atoms with Crippen LogP contribution in [0.3, 0.4) is 0 Å². The molecule has 1 unspecified atom stereocenters. The lowest BCUT2D eigenvalue weighted by Crippen LogP contribution is -2.28. The molecule has 1 atom stereocenters. The van der Waals surface area contributed by atoms with Crippen molar-refractivity contribution >= 4 is 11.9 Å². The lowest BCUT2D eigenvalue weighted by molar-refractivity contribution is -0.161. The number of esters is 2. The van der Waals surface area contributed by atoms with Gasteiger partial charge < -0.3 is 14.6 Å². The predicted octanol–water partition coefficient (Wildman–Crippen LogP) is 13.5. The lowest BCUT2D eigenvalue weighted by atomic mass is 10.0. The summed E-state index contributed by atoms with van der Waals surface area (Å²) in [6, 6.07) is 0. The third kappa shape index (κ3) is 39.0. The SMILES string of the molecule is CCCCCCC/C=C\C/C=C\CCCCCCCCCCCC(=O)OC(CO)COC(=O)CCCCCCCCCCCCCCCC. The van der Waals surface area contributed by atoms with E-state index in [1.165, 1.54) is 154 Å². The second-order valence-electron chi connectivity index (χ2n) is 14.4. The Labute approximate surface area is 304 Å². The zero-order chi connectivity index (χ0) is 35.7. The third-order valence-corrected chi connectivity index (χ3v) is 9.50. The summed E-state index contributed by atoms with van der Waals surface area (Å²) in [6.07, 6.45) is 48.1. The smallest absolute Gasteiger partial charge is 0.306 e. The van der Waals surface area contributed by atoms with Gasteiger partial charge >= 0.3 is 11.9 Å². The van der Waals surface area contributed by atoms with Crippen LogP contribution in [0.4, 0.5) is 0 Å². The molecule has 0 aromatic rings. The van der Waals surface area contributed by atoms with Gasteiger partial charge in [-0.1, -0.05) is 192 Å². The van der Waals surface area contributed by atoms with E-state index in [-0.39, 0.29) is 25.2 Å². The Morgan fingerprint density at radius 1 is 0.469 bits per heavy atom. The van der Waals surface area contributed by atoms with Gasteiger partial charge in [0.15, 0.2) is 6.10 Å². The first-order valence-electron chi connectivity index (χ1n) is 21.4. The minimum atomic E-state index is -0.768. The molecule has 0 aliphatic heterocycles. The summed E-state index contributed by atoms with van der Waals surface area (Å²) in [5, 5.41) is 9.57. The van der Waals surface area contributed by atoms with Crippen molar-refractivity contribution in [1.29, 1.82) is 0 Å². The molecule has 0 radical (unpaired) electrons. The molecule has 1 N–H and O–H groups in total. The van der Waals surface area contributed by atoms with Crippen molar-refractivity contribution in [2.24, 2.45) is 0 Å². The highest BCUT2D eigenvalue weighted by molar-refractivity contribution is 5.70. The van der Waals surface area contributed by atoms with E-state index in [4.69, 9.17) is 9.47 Å². The van der Waals surface area contributed by atoms with Gasteiger partial charge in [0.25, 0.3) is 0 Å². The molecule has 0 saturated heterocycles. The molecule has 288 valence electrons. The van der Waals surface area contributed by atoms with Gasteiger partial charge in [-0.15, -0.1) is 0 Å². The van der Waals surface area contributed by atoms with Crippen LogP contribution in [0.15, 0.2) is 24.3 Å². The maximum absolute atomic E-state index is 12.2. The van der Waals surface area contributed by atoms with Gasteiger partial charge in [-0.25, -0.2) is 0 Å². The van der Waals surface area contributed by atoms with Crippen molar-refractivity contribution in [3.05, 3.63) is 24.3 Å². The van der Waals surface area contributed by atoms with E-state index < -0.39 is 6.10 Å². The molecular weight excluding hydrogens is 608 g/mol. The van der Waals surface area contributed by atoms with Gasteiger partial charge in [0.2, 0.25) is 0 Å². The fraction of sp³-hybridized carbons (Fsp3) is 0.864. The van der Waals surface area contributed by atoms with Gasteiger partial charge in [0.05, 0.1) is 6.61 Å². The number of aliphatic hydroxyl groups is 1. The van der Waals surface area contributed by atoms with E-state index in [0.717, 1.165) is 44.9 Å². The monoisotopic (exact) mass is 691 g/mol. The van der Waals surface area contributed by atoms with Crippen molar-refractivity contribution < 1.29 is 24.2 Å². The van der Waals surface area contributed by atoms with Gasteiger partial charge in [0, 0.05) is 12.8 Å². The number of ether oxygens (including phenoxy) is 2. The number of allylic oxidation sites excluding steroid dienone is 4. The average Bonchev–Trinajstić information content (AvgIpc) is 3.10. The van der Waals surface area contributed by atoms with Crippen molar-refractivity contribution in [2.75, 3.05) is 13.2 Å². The van der Waals surface area contributed by atoms with E-state index in [0.29, 0.717) is 12.8 Å². The number of hydrogen-bond donors (Lipinski definition) is 1. The van der Waals surface area contributed by atoms with Crippen molar-refractivity contribution in [1.82, 2.24) is 0 Å². The highest BCUT2D eigenvalue weighted by Crippen LogP contribution is 2.15. The first kappa shape index (κ1) is 47.4. The summed E-state index contributed by atoms with van der Waals surface area (Å²) < 4.78 is 10.6. The van der Waals surface area contributed by atoms with Crippen molar-refractivity contribution in [3.8, 4) is 0 Å². The topological polar surface area (TPSA) is 72.8 Å². The summed E-state index contributed by atoms with van der Waals surface area (Å²) in [5.41, 5.74) is 0. The van der Waals surface area contributed by atoms with Gasteiger partial charge in [-0.2, -0.15) is 0 Å². The minimum Gasteiger partial charge on any atom is -0.462 e. The fourth-order valence-corrected chi connectivity index (χ4v) is 6.23. The number of rotatable bonds is 39. The lowest BCUT2D eigenvalue weighted by Gasteiger charge is -2.15. The van der Waals surface area contributed by atoms with E-state index in [2.05, 4.69) is 38.2 Å². The van der Waals surface area contributed by atoms with E-state index in [1.807, 2.05) is 0 Å². The number of unbranched alkanes of at least 4 members (excludes halogenated alkanes) is 27. The van der Waals surface area contributed by atoms with Crippen LogP contribution in [0.5, 0.6) is 0 Å². The molecule has 0 aliphatic carbocycles. The predicted molar refractivity (Wildman–Crippen MR) is 210 cm³/mol. The van der Waals surface area contributed by atoms with Gasteiger partial charge in [0.1, 0.15) is 6.61 Å². The van der Waals surface area contributed by atoms with Crippen LogP contribution in [0, 0.1) is 0 Å². The quantitative estimate of drug-likeness (QED) is 0.0395. The Morgan fingerprint density at radius 3 is 1.20 bits per heavy atom. The maximum atomic E-state index is 12.2. The molecule has 0 aromatic carbocycles. The Hall–Kier alpha value is -1.62. The van der Waals surface area contributed by atoms with Crippen LogP contribution in [-0.2, 0) is 19.1 Å². The number of aliphatic hydroxyl groups excluding tert-OH is 1. The van der Waals surface area contributed by atoms with Gasteiger partial charge in [-0.05, 0) is 44.9 Å². The van der Waals surface area contributed by atoms with Crippen LogP contribution in [-0.4, -0.2) is 36.4 Å². The summed E-state index contributed by atoms with van der Waals surface area (Å²) in [4.78, 5) is 24.3. The largest absolute Gasteiger partial charge is 0.462 e. The van der Waals surface area contributed by atoms with Crippen LogP contribution in [0.2, 0.25) is 0 Å². The zero-order valence-corrected chi connectivity index (χ0v) is 32.7. The van der Waals surface area contributed by atoms with Gasteiger partial charge in [-0.3, -0.25) is 9.59 Å². The summed E-state index contributed by atoms with van der Waals surface area (Å²) >= 11 is 0. The first-order valence-corrected chi connectivity index (χ1v) is 21.4. The molecule has 0 heterocycles. The minimum absolute atomic E-state index is 0.0629. The van der Waals surface area contributed by atoms with Crippen LogP contribution in [0.25, 0.3) is 0 Å². The Morgan fingerprint density at radius 2 is 0.816 bits per heavy atom. The molecule has 0 aliphatic rings. The second-order valence-corrected chi connectivity index (χ2v) is 14.4. The van der Waals surface area contributed by atoms with E-state index in [9.17, 15) is 14.7 Å². The highest BCUT2D eigenvalue weighted by Gasteiger charge is 2.16. The molecule has 0 amide bonds. The molecular formula is C44H82O5. The Bertz CT molecular complexity index is 746. The molecule has 5 heteroatoms. The van der Waals surface area contributed by atoms with E-state index in [1.54, 1.807) is 0 Å². The summed E-state index contributed by atoms with van der Waals surface area (Å²) in [7, 11) is 0. The fourth-order valence-electron chi connectivity index (χ4n) is 6.23. The molecule has 0 rings (SSSR count). The number of carbonyl (C=O) groups excluding carboxylic acids is 2. The molecule has 0 bridgehead atoms. The van der Waals surface area contributed by atoms with Crippen LogP contribution >= 0.6 is 0 Å². The van der Waals surface area contributed by atoms with Crippen LogP contribution in [0.1, 0.15) is 226 Å². The highest BCUT2D eigenvalue weighted by atomic mass is 16.6. The molecule has 49 heavy (non-hydrogen) atoms. The van der Waals surface area contributed by atoms with Crippen molar-refractivity contribution in [3.63, 3.8) is 0 Å². The molecule has 0 aromatic heterocycles. The standard InChI is InChI=1S/C44H82O5/c1-3-5-7-9-11-13-15-17-19-20-21-22-23-24-25-27-29-31-33-35-37-39-44(47)49-42(40-45)41-48-43(46)38-36-34-32-30-28-26-18-16-14-12-10-8-6-4-2/h15,17,20-21,42,45H,3-14,16,18-19,22-41H2,1-2H3/b17-15-,21-20-. The van der Waals surface area contributed by atoms with Crippen LogP contribution < -0.4 is 0 Å².